The van der Waals surface area contributed by atoms with Crippen molar-refractivity contribution in [1.29, 1.82) is 0 Å². The minimum atomic E-state index is -0.0102. The number of carbonyl (C=O) groups is 1. The van der Waals surface area contributed by atoms with Crippen molar-refractivity contribution in [1.82, 2.24) is 0 Å². The number of carbonyl (C=O) groups excluding carboxylic acids is 1. The molecular formula is C17H25N3O. The molecule has 3 rings (SSSR count). The average Bonchev–Trinajstić information content (AvgIpc) is 2.72. The van der Waals surface area contributed by atoms with Crippen LogP contribution in [0.5, 0.6) is 0 Å². The van der Waals surface area contributed by atoms with E-state index in [-0.39, 0.29) is 17.9 Å². The first-order valence-electron chi connectivity index (χ1n) is 8.05. The van der Waals surface area contributed by atoms with Gasteiger partial charge in [-0.15, -0.1) is 0 Å². The van der Waals surface area contributed by atoms with Crippen LogP contribution in [0.25, 0.3) is 0 Å². The third-order valence-corrected chi connectivity index (χ3v) is 4.90. The summed E-state index contributed by atoms with van der Waals surface area (Å²) in [6.07, 6.45) is 5.40. The number of amides is 1. The number of likely N-dealkylation sites (N-methyl/N-ethyl adjacent to an activating group) is 1. The van der Waals surface area contributed by atoms with Gasteiger partial charge in [0.15, 0.2) is 0 Å². The lowest BCUT2D eigenvalue weighted by Crippen LogP contribution is -2.48. The second kappa shape index (κ2) is 6.06. The summed E-state index contributed by atoms with van der Waals surface area (Å²) in [5.74, 6) is 0.217. The largest absolute Gasteiger partial charge is 0.371 e. The van der Waals surface area contributed by atoms with Crippen LogP contribution in [0.4, 0.5) is 11.4 Å². The molecule has 1 fully saturated rings. The van der Waals surface area contributed by atoms with Gasteiger partial charge in [0, 0.05) is 26.2 Å². The Bertz CT molecular complexity index is 517. The Balaban J connectivity index is 1.86. The number of benzene rings is 1. The van der Waals surface area contributed by atoms with E-state index in [0.717, 1.165) is 50.1 Å². The van der Waals surface area contributed by atoms with E-state index in [1.807, 2.05) is 23.1 Å². The van der Waals surface area contributed by atoms with Gasteiger partial charge in [-0.1, -0.05) is 31.4 Å². The summed E-state index contributed by atoms with van der Waals surface area (Å²) in [5.41, 5.74) is 8.45. The summed E-state index contributed by atoms with van der Waals surface area (Å²) in [6, 6.07) is 8.19. The molecule has 0 bridgehead atoms. The van der Waals surface area contributed by atoms with Crippen LogP contribution in [0.15, 0.2) is 24.3 Å². The minimum absolute atomic E-state index is 0.0102. The van der Waals surface area contributed by atoms with Crippen LogP contribution in [-0.4, -0.2) is 32.1 Å². The maximum Gasteiger partial charge on any atom is 0.231 e. The molecule has 1 aliphatic carbocycles. The Kier molecular flexibility index (Phi) is 4.15. The van der Waals surface area contributed by atoms with Crippen LogP contribution in [0, 0.1) is 5.92 Å². The fourth-order valence-electron chi connectivity index (χ4n) is 3.58. The summed E-state index contributed by atoms with van der Waals surface area (Å²) < 4.78 is 0. The van der Waals surface area contributed by atoms with Crippen molar-refractivity contribution in [2.75, 3.05) is 29.9 Å². The third-order valence-electron chi connectivity index (χ3n) is 4.90. The topological polar surface area (TPSA) is 49.6 Å². The number of nitrogens with two attached hydrogens (primary N) is 1. The number of nitrogens with zero attached hydrogens (tertiary/aromatic N) is 2. The number of fused-ring (bicyclic) bond motifs is 1. The van der Waals surface area contributed by atoms with Crippen LogP contribution >= 0.6 is 0 Å². The summed E-state index contributed by atoms with van der Waals surface area (Å²) >= 11 is 0. The molecule has 1 saturated carbocycles. The summed E-state index contributed by atoms with van der Waals surface area (Å²) in [7, 11) is 2.08. The van der Waals surface area contributed by atoms with E-state index in [9.17, 15) is 4.79 Å². The van der Waals surface area contributed by atoms with E-state index in [1.165, 1.54) is 6.42 Å². The molecular weight excluding hydrogens is 262 g/mol. The van der Waals surface area contributed by atoms with Crippen LogP contribution < -0.4 is 15.5 Å². The van der Waals surface area contributed by atoms with Gasteiger partial charge < -0.3 is 15.5 Å². The van der Waals surface area contributed by atoms with Gasteiger partial charge in [-0.05, 0) is 25.0 Å². The van der Waals surface area contributed by atoms with Crippen molar-refractivity contribution in [3.8, 4) is 0 Å². The average molecular weight is 287 g/mol. The van der Waals surface area contributed by atoms with Crippen molar-refractivity contribution >= 4 is 17.3 Å². The van der Waals surface area contributed by atoms with E-state index in [4.69, 9.17) is 5.73 Å². The van der Waals surface area contributed by atoms with Crippen molar-refractivity contribution in [2.45, 2.75) is 38.1 Å². The molecule has 21 heavy (non-hydrogen) atoms. The predicted molar refractivity (Wildman–Crippen MR) is 86.6 cm³/mol. The van der Waals surface area contributed by atoms with Crippen molar-refractivity contribution in [3.63, 3.8) is 0 Å². The van der Waals surface area contributed by atoms with Crippen molar-refractivity contribution in [3.05, 3.63) is 24.3 Å². The lowest BCUT2D eigenvalue weighted by molar-refractivity contribution is -0.123. The molecule has 1 aromatic rings. The van der Waals surface area contributed by atoms with E-state index in [0.29, 0.717) is 0 Å². The first-order valence-corrected chi connectivity index (χ1v) is 8.05. The Morgan fingerprint density at radius 1 is 1.10 bits per heavy atom. The standard InChI is InChI=1S/C17H25N3O/c1-19-11-12-20(16-10-6-5-9-15(16)19)17(21)13-7-3-2-4-8-14(13)18/h5-6,9-10,13-14H,2-4,7-8,11-12,18H2,1H3. The molecule has 0 saturated heterocycles. The molecule has 1 aromatic carbocycles. The maximum atomic E-state index is 13.0. The Morgan fingerprint density at radius 3 is 2.62 bits per heavy atom. The maximum absolute atomic E-state index is 13.0. The number of anilines is 2. The fourth-order valence-corrected chi connectivity index (χ4v) is 3.58. The van der Waals surface area contributed by atoms with Crippen LogP contribution in [0.3, 0.4) is 0 Å². The molecule has 2 N–H and O–H groups in total. The lowest BCUT2D eigenvalue weighted by Gasteiger charge is -2.38. The number of hydrogen-bond acceptors (Lipinski definition) is 3. The number of para-hydroxylation sites is 2. The van der Waals surface area contributed by atoms with Crippen LogP contribution in [0.2, 0.25) is 0 Å². The Morgan fingerprint density at radius 2 is 1.81 bits per heavy atom. The smallest absolute Gasteiger partial charge is 0.231 e. The van der Waals surface area contributed by atoms with E-state index < -0.39 is 0 Å². The molecule has 0 aromatic heterocycles. The van der Waals surface area contributed by atoms with Gasteiger partial charge in [-0.3, -0.25) is 4.79 Å². The van der Waals surface area contributed by atoms with Gasteiger partial charge in [-0.2, -0.15) is 0 Å². The van der Waals surface area contributed by atoms with Crippen LogP contribution in [0.1, 0.15) is 32.1 Å². The van der Waals surface area contributed by atoms with Gasteiger partial charge in [0.25, 0.3) is 0 Å². The number of hydrogen-bond donors (Lipinski definition) is 1. The second-order valence-corrected chi connectivity index (χ2v) is 6.31. The van der Waals surface area contributed by atoms with Gasteiger partial charge in [0.1, 0.15) is 0 Å². The van der Waals surface area contributed by atoms with E-state index in [2.05, 4.69) is 18.0 Å². The summed E-state index contributed by atoms with van der Waals surface area (Å²) in [5, 5.41) is 0. The summed E-state index contributed by atoms with van der Waals surface area (Å²) in [6.45, 7) is 1.64. The van der Waals surface area contributed by atoms with E-state index >= 15 is 0 Å². The lowest BCUT2D eigenvalue weighted by atomic mass is 9.93. The first kappa shape index (κ1) is 14.4. The zero-order valence-corrected chi connectivity index (χ0v) is 12.8. The highest BCUT2D eigenvalue weighted by Crippen LogP contribution is 2.34. The van der Waals surface area contributed by atoms with Gasteiger partial charge in [0.05, 0.1) is 17.3 Å². The van der Waals surface area contributed by atoms with Crippen molar-refractivity contribution in [2.24, 2.45) is 11.7 Å². The molecule has 0 radical (unpaired) electrons. The zero-order chi connectivity index (χ0) is 14.8. The molecule has 4 heteroatoms. The zero-order valence-electron chi connectivity index (χ0n) is 12.8. The first-order chi connectivity index (χ1) is 10.2. The Hall–Kier alpha value is -1.55. The second-order valence-electron chi connectivity index (χ2n) is 6.31. The summed E-state index contributed by atoms with van der Waals surface area (Å²) in [4.78, 5) is 17.2. The molecule has 0 spiro atoms. The predicted octanol–water partition coefficient (Wildman–Crippen LogP) is 2.38. The van der Waals surface area contributed by atoms with Crippen LogP contribution in [-0.2, 0) is 4.79 Å². The van der Waals surface area contributed by atoms with Gasteiger partial charge >= 0.3 is 0 Å². The Labute approximate surface area is 126 Å². The molecule has 114 valence electrons. The quantitative estimate of drug-likeness (QED) is 0.807. The molecule has 4 nitrogen and oxygen atoms in total. The molecule has 2 unspecified atom stereocenters. The molecule has 1 heterocycles. The normalized spacial score (nSPS) is 26.2. The fraction of sp³-hybridized carbons (Fsp3) is 0.588. The highest BCUT2D eigenvalue weighted by Gasteiger charge is 2.33. The highest BCUT2D eigenvalue weighted by atomic mass is 16.2. The molecule has 2 atom stereocenters. The van der Waals surface area contributed by atoms with E-state index in [1.54, 1.807) is 0 Å². The minimum Gasteiger partial charge on any atom is -0.371 e. The third kappa shape index (κ3) is 2.77. The van der Waals surface area contributed by atoms with Gasteiger partial charge in [0.2, 0.25) is 5.91 Å². The SMILES string of the molecule is CN1CCN(C(=O)C2CCCCCC2N)c2ccccc21. The van der Waals surface area contributed by atoms with Gasteiger partial charge in [-0.25, -0.2) is 0 Å². The molecule has 2 aliphatic rings. The monoisotopic (exact) mass is 287 g/mol. The molecule has 1 amide bonds. The molecule has 1 aliphatic heterocycles. The highest BCUT2D eigenvalue weighted by molar-refractivity contribution is 5.99. The van der Waals surface area contributed by atoms with Crippen molar-refractivity contribution < 1.29 is 4.79 Å². The number of rotatable bonds is 1.